The van der Waals surface area contributed by atoms with Gasteiger partial charge in [-0.05, 0) is 11.6 Å². The molecule has 1 N–H and O–H groups in total. The summed E-state index contributed by atoms with van der Waals surface area (Å²) in [6, 6.07) is 1.14. The SMILES string of the molecule is O=C(O)c1ncc(CBr)cc1F. The number of hydrogen-bond acceptors (Lipinski definition) is 2. The maximum atomic E-state index is 12.8. The van der Waals surface area contributed by atoms with Crippen LogP contribution >= 0.6 is 15.9 Å². The molecule has 5 heteroatoms. The topological polar surface area (TPSA) is 50.2 Å². The van der Waals surface area contributed by atoms with Gasteiger partial charge in [0.1, 0.15) is 0 Å². The maximum Gasteiger partial charge on any atom is 0.357 e. The second kappa shape index (κ2) is 3.62. The Bertz CT molecular complexity index is 316. The summed E-state index contributed by atoms with van der Waals surface area (Å²) in [5.74, 6) is -2.16. The van der Waals surface area contributed by atoms with Gasteiger partial charge in [0.15, 0.2) is 11.5 Å². The molecule has 3 nitrogen and oxygen atoms in total. The van der Waals surface area contributed by atoms with Crippen molar-refractivity contribution in [2.45, 2.75) is 5.33 Å². The average Bonchev–Trinajstić information content (AvgIpc) is 2.03. The van der Waals surface area contributed by atoms with E-state index in [0.29, 0.717) is 10.9 Å². The van der Waals surface area contributed by atoms with Gasteiger partial charge in [-0.3, -0.25) is 0 Å². The smallest absolute Gasteiger partial charge is 0.357 e. The number of aromatic carboxylic acids is 1. The molecular formula is C7H5BrFNO2. The van der Waals surface area contributed by atoms with Crippen LogP contribution in [0.2, 0.25) is 0 Å². The maximum absolute atomic E-state index is 12.8. The molecule has 0 aliphatic rings. The molecule has 0 saturated carbocycles. The minimum atomic E-state index is -1.35. The first-order chi connectivity index (χ1) is 5.65. The Balaban J connectivity index is 3.12. The van der Waals surface area contributed by atoms with Crippen LogP contribution in [0.15, 0.2) is 12.3 Å². The van der Waals surface area contributed by atoms with Crippen LogP contribution in [0.25, 0.3) is 0 Å². The highest BCUT2D eigenvalue weighted by Crippen LogP contribution is 2.09. The third-order valence-corrected chi connectivity index (χ3v) is 1.90. The lowest BCUT2D eigenvalue weighted by Crippen LogP contribution is -2.04. The number of rotatable bonds is 2. The molecular weight excluding hydrogens is 229 g/mol. The molecule has 1 rings (SSSR count). The van der Waals surface area contributed by atoms with Crippen molar-refractivity contribution in [3.05, 3.63) is 29.3 Å². The molecule has 0 amide bonds. The Hall–Kier alpha value is -0.970. The van der Waals surface area contributed by atoms with Crippen LogP contribution in [-0.2, 0) is 5.33 Å². The zero-order valence-electron chi connectivity index (χ0n) is 5.92. The Kier molecular flexibility index (Phi) is 2.75. The molecule has 0 aliphatic carbocycles. The number of alkyl halides is 1. The Labute approximate surface area is 76.4 Å². The van der Waals surface area contributed by atoms with Crippen LogP contribution in [0.4, 0.5) is 4.39 Å². The molecule has 1 heterocycles. The molecule has 12 heavy (non-hydrogen) atoms. The molecule has 64 valence electrons. The van der Waals surface area contributed by atoms with Gasteiger partial charge in [0.2, 0.25) is 0 Å². The Morgan fingerprint density at radius 2 is 2.42 bits per heavy atom. The van der Waals surface area contributed by atoms with Crippen molar-refractivity contribution in [1.82, 2.24) is 4.98 Å². The molecule has 0 fully saturated rings. The lowest BCUT2D eigenvalue weighted by molar-refractivity contribution is 0.0685. The number of pyridine rings is 1. The van der Waals surface area contributed by atoms with Gasteiger partial charge < -0.3 is 5.11 Å². The first-order valence-corrected chi connectivity index (χ1v) is 4.21. The third kappa shape index (κ3) is 1.79. The van der Waals surface area contributed by atoms with Crippen molar-refractivity contribution < 1.29 is 14.3 Å². The van der Waals surface area contributed by atoms with E-state index in [-0.39, 0.29) is 0 Å². The minimum absolute atomic E-state index is 0.455. The summed E-state index contributed by atoms with van der Waals surface area (Å²) in [5.41, 5.74) is 0.0669. The van der Waals surface area contributed by atoms with Crippen molar-refractivity contribution in [3.8, 4) is 0 Å². The lowest BCUT2D eigenvalue weighted by Gasteiger charge is -1.97. The number of carbonyl (C=O) groups is 1. The number of carboxylic acid groups (broad SMARTS) is 1. The van der Waals surface area contributed by atoms with Crippen LogP contribution in [0.3, 0.4) is 0 Å². The monoisotopic (exact) mass is 233 g/mol. The summed E-state index contributed by atoms with van der Waals surface area (Å²) in [5, 5.41) is 8.87. The predicted molar refractivity (Wildman–Crippen MR) is 43.8 cm³/mol. The first-order valence-electron chi connectivity index (χ1n) is 3.09. The average molecular weight is 234 g/mol. The van der Waals surface area contributed by atoms with E-state index in [0.717, 1.165) is 6.07 Å². The number of nitrogens with zero attached hydrogens (tertiary/aromatic N) is 1. The molecule has 0 unspecified atom stereocenters. The van der Waals surface area contributed by atoms with Crippen LogP contribution < -0.4 is 0 Å². The minimum Gasteiger partial charge on any atom is -0.476 e. The van der Waals surface area contributed by atoms with Crippen molar-refractivity contribution in [2.24, 2.45) is 0 Å². The fraction of sp³-hybridized carbons (Fsp3) is 0.143. The number of carboxylic acids is 1. The van der Waals surface area contributed by atoms with Crippen LogP contribution in [-0.4, -0.2) is 16.1 Å². The summed E-state index contributed by atoms with van der Waals surface area (Å²) in [6.45, 7) is 0. The Morgan fingerprint density at radius 1 is 1.75 bits per heavy atom. The quantitative estimate of drug-likeness (QED) is 0.794. The van der Waals surface area contributed by atoms with E-state index in [4.69, 9.17) is 5.11 Å². The number of halogens is 2. The van der Waals surface area contributed by atoms with Gasteiger partial charge in [-0.25, -0.2) is 14.2 Å². The van der Waals surface area contributed by atoms with E-state index in [1.807, 2.05) is 0 Å². The molecule has 0 radical (unpaired) electrons. The summed E-state index contributed by atoms with van der Waals surface area (Å²) < 4.78 is 12.8. The van der Waals surface area contributed by atoms with Crippen LogP contribution in [0.5, 0.6) is 0 Å². The molecule has 0 aromatic carbocycles. The molecule has 0 aliphatic heterocycles. The van der Waals surface area contributed by atoms with E-state index in [1.165, 1.54) is 6.20 Å². The van der Waals surface area contributed by atoms with E-state index in [9.17, 15) is 9.18 Å². The zero-order chi connectivity index (χ0) is 9.14. The standard InChI is InChI=1S/C7H5BrFNO2/c8-2-4-1-5(9)6(7(11)12)10-3-4/h1,3H,2H2,(H,11,12). The molecule has 0 bridgehead atoms. The normalized spacial score (nSPS) is 9.83. The summed E-state index contributed by atoms with van der Waals surface area (Å²) >= 11 is 3.10. The second-order valence-corrected chi connectivity index (χ2v) is 2.67. The van der Waals surface area contributed by atoms with Crippen molar-refractivity contribution in [3.63, 3.8) is 0 Å². The molecule has 1 aromatic rings. The van der Waals surface area contributed by atoms with Gasteiger partial charge in [-0.1, -0.05) is 15.9 Å². The molecule has 0 atom stereocenters. The van der Waals surface area contributed by atoms with Gasteiger partial charge >= 0.3 is 5.97 Å². The molecule has 0 saturated heterocycles. The lowest BCUT2D eigenvalue weighted by atomic mass is 10.2. The second-order valence-electron chi connectivity index (χ2n) is 2.11. The highest BCUT2D eigenvalue weighted by molar-refractivity contribution is 9.08. The van der Waals surface area contributed by atoms with Crippen LogP contribution in [0, 0.1) is 5.82 Å². The molecule has 0 spiro atoms. The highest BCUT2D eigenvalue weighted by Gasteiger charge is 2.11. The highest BCUT2D eigenvalue weighted by atomic mass is 79.9. The van der Waals surface area contributed by atoms with Gasteiger partial charge in [-0.15, -0.1) is 0 Å². The first kappa shape index (κ1) is 9.12. The van der Waals surface area contributed by atoms with Gasteiger partial charge in [0.25, 0.3) is 0 Å². The van der Waals surface area contributed by atoms with Gasteiger partial charge in [0.05, 0.1) is 0 Å². The van der Waals surface area contributed by atoms with E-state index >= 15 is 0 Å². The van der Waals surface area contributed by atoms with Crippen molar-refractivity contribution in [2.75, 3.05) is 0 Å². The third-order valence-electron chi connectivity index (χ3n) is 1.25. The van der Waals surface area contributed by atoms with Gasteiger partial charge in [0, 0.05) is 11.5 Å². The summed E-state index contributed by atoms with van der Waals surface area (Å²) in [6.07, 6.45) is 1.32. The predicted octanol–water partition coefficient (Wildman–Crippen LogP) is 1.81. The zero-order valence-corrected chi connectivity index (χ0v) is 7.51. The number of aromatic nitrogens is 1. The van der Waals surface area contributed by atoms with Crippen molar-refractivity contribution in [1.29, 1.82) is 0 Å². The Morgan fingerprint density at radius 3 is 2.83 bits per heavy atom. The summed E-state index contributed by atoms with van der Waals surface area (Å²) in [4.78, 5) is 13.8. The summed E-state index contributed by atoms with van der Waals surface area (Å²) in [7, 11) is 0. The van der Waals surface area contributed by atoms with E-state index in [1.54, 1.807) is 0 Å². The van der Waals surface area contributed by atoms with Crippen molar-refractivity contribution >= 4 is 21.9 Å². The number of hydrogen-bond donors (Lipinski definition) is 1. The largest absolute Gasteiger partial charge is 0.476 e. The van der Waals surface area contributed by atoms with Crippen LogP contribution in [0.1, 0.15) is 16.1 Å². The molecule has 1 aromatic heterocycles. The van der Waals surface area contributed by atoms with Gasteiger partial charge in [-0.2, -0.15) is 0 Å². The fourth-order valence-electron chi connectivity index (χ4n) is 0.708. The fourth-order valence-corrected chi connectivity index (χ4v) is 1.01. The van der Waals surface area contributed by atoms with E-state index in [2.05, 4.69) is 20.9 Å². The van der Waals surface area contributed by atoms with E-state index < -0.39 is 17.5 Å².